The molecule has 5 rings (SSSR count). The number of ether oxygens (including phenoxy) is 1. The third-order valence-corrected chi connectivity index (χ3v) is 7.74. The molecule has 0 saturated carbocycles. The van der Waals surface area contributed by atoms with Crippen molar-refractivity contribution in [1.82, 2.24) is 15.2 Å². The van der Waals surface area contributed by atoms with Gasteiger partial charge in [0, 0.05) is 17.5 Å². The smallest absolute Gasteiger partial charge is 0.159 e. The molecular formula is C28H26N6OS2. The number of hydrogen-bond acceptors (Lipinski definition) is 9. The van der Waals surface area contributed by atoms with Crippen molar-refractivity contribution in [2.75, 3.05) is 19.9 Å². The second-order valence-electron chi connectivity index (χ2n) is 8.34. The van der Waals surface area contributed by atoms with E-state index in [1.165, 1.54) is 11.8 Å². The molecule has 1 aromatic heterocycles. The molecule has 2 aromatic carbocycles. The number of methoxy groups -OCH3 is 1. The van der Waals surface area contributed by atoms with Crippen molar-refractivity contribution in [2.45, 2.75) is 13.0 Å². The van der Waals surface area contributed by atoms with Gasteiger partial charge in [-0.2, -0.15) is 5.26 Å². The van der Waals surface area contributed by atoms with Gasteiger partial charge >= 0.3 is 0 Å². The van der Waals surface area contributed by atoms with E-state index in [4.69, 9.17) is 20.4 Å². The van der Waals surface area contributed by atoms with E-state index >= 15 is 0 Å². The minimum absolute atomic E-state index is 0.543. The molecule has 0 aliphatic carbocycles. The molecule has 3 N–H and O–H groups in total. The minimum Gasteiger partial charge on any atom is -0.497 e. The number of rotatable bonds is 6. The summed E-state index contributed by atoms with van der Waals surface area (Å²) in [4.78, 5) is 11.7. The molecule has 7 nitrogen and oxygen atoms in total. The van der Waals surface area contributed by atoms with Crippen molar-refractivity contribution in [3.63, 3.8) is 0 Å². The normalized spacial score (nSPS) is 15.4. The van der Waals surface area contributed by atoms with Gasteiger partial charge in [0.1, 0.15) is 27.4 Å². The molecule has 0 fully saturated rings. The molecule has 2 aliphatic rings. The van der Waals surface area contributed by atoms with Gasteiger partial charge in [0.05, 0.1) is 36.4 Å². The Morgan fingerprint density at radius 1 is 1.16 bits per heavy atom. The first-order valence-corrected chi connectivity index (χ1v) is 13.9. The Bertz CT molecular complexity index is 1460. The van der Waals surface area contributed by atoms with Crippen molar-refractivity contribution < 1.29 is 4.74 Å². The van der Waals surface area contributed by atoms with Crippen molar-refractivity contribution in [3.8, 4) is 22.4 Å². The van der Waals surface area contributed by atoms with Crippen LogP contribution in [-0.4, -0.2) is 34.8 Å². The Balaban J connectivity index is 1.44. The number of benzene rings is 2. The number of aromatic nitrogens is 1. The Morgan fingerprint density at radius 3 is 2.65 bits per heavy atom. The molecule has 0 spiro atoms. The number of thioether (sulfide) groups is 1. The first-order chi connectivity index (χ1) is 18.1. The summed E-state index contributed by atoms with van der Waals surface area (Å²) in [6.45, 7) is 1.20. The zero-order valence-electron chi connectivity index (χ0n) is 20.6. The van der Waals surface area contributed by atoms with Crippen LogP contribution in [0.1, 0.15) is 17.7 Å². The summed E-state index contributed by atoms with van der Waals surface area (Å²) in [6.07, 6.45) is 4.75. The van der Waals surface area contributed by atoms with Crippen LogP contribution in [0.3, 0.4) is 0 Å². The van der Waals surface area contributed by atoms with Crippen molar-refractivity contribution in [2.24, 2.45) is 10.7 Å². The number of nitriles is 1. The number of nitrogens with zero attached hydrogens (tertiary/aromatic N) is 4. The summed E-state index contributed by atoms with van der Waals surface area (Å²) in [5.74, 6) is 1.41. The molecular weight excluding hydrogens is 500 g/mol. The predicted octanol–water partition coefficient (Wildman–Crippen LogP) is 5.34. The fourth-order valence-electron chi connectivity index (χ4n) is 4.30. The quantitative estimate of drug-likeness (QED) is 0.447. The lowest BCUT2D eigenvalue weighted by Crippen LogP contribution is -2.30. The number of nitrogens with one attached hydrogen (secondary N) is 1. The Labute approximate surface area is 224 Å². The van der Waals surface area contributed by atoms with E-state index in [-0.39, 0.29) is 0 Å². The van der Waals surface area contributed by atoms with Crippen LogP contribution >= 0.6 is 23.1 Å². The first kappa shape index (κ1) is 24.7. The lowest BCUT2D eigenvalue weighted by atomic mass is 10.0. The number of nitrogens with two attached hydrogens (primary N) is 1. The lowest BCUT2D eigenvalue weighted by molar-refractivity contribution is 0.414. The number of thiazole rings is 1. The van der Waals surface area contributed by atoms with Crippen LogP contribution in [-0.2, 0) is 6.54 Å². The van der Waals surface area contributed by atoms with Crippen LogP contribution in [0.5, 0.6) is 5.75 Å². The first-order valence-electron chi connectivity index (χ1n) is 11.8. The van der Waals surface area contributed by atoms with Crippen molar-refractivity contribution in [1.29, 1.82) is 5.26 Å². The summed E-state index contributed by atoms with van der Waals surface area (Å²) in [5, 5.41) is 17.2. The van der Waals surface area contributed by atoms with E-state index in [2.05, 4.69) is 39.9 Å². The Kier molecular flexibility index (Phi) is 7.30. The number of aliphatic imine (C=N–C) groups is 1. The van der Waals surface area contributed by atoms with Crippen molar-refractivity contribution >= 4 is 33.8 Å². The van der Waals surface area contributed by atoms with Crippen LogP contribution in [0.25, 0.3) is 16.3 Å². The molecule has 9 heteroatoms. The largest absolute Gasteiger partial charge is 0.497 e. The highest BCUT2D eigenvalue weighted by Crippen LogP contribution is 2.37. The fraction of sp³-hybridized carbons (Fsp3) is 0.179. The van der Waals surface area contributed by atoms with Crippen LogP contribution in [0.15, 0.2) is 93.8 Å². The Hall–Kier alpha value is -4.00. The van der Waals surface area contributed by atoms with Gasteiger partial charge in [0.2, 0.25) is 0 Å². The Morgan fingerprint density at radius 2 is 1.95 bits per heavy atom. The van der Waals surface area contributed by atoms with Crippen LogP contribution < -0.4 is 15.8 Å². The third kappa shape index (κ3) is 4.99. The van der Waals surface area contributed by atoms with E-state index in [0.717, 1.165) is 45.4 Å². The van der Waals surface area contributed by atoms with Gasteiger partial charge in [0.15, 0.2) is 5.82 Å². The average Bonchev–Trinajstić information content (AvgIpc) is 3.37. The van der Waals surface area contributed by atoms with E-state index < -0.39 is 0 Å². The number of hydrogen-bond donors (Lipinski definition) is 2. The summed E-state index contributed by atoms with van der Waals surface area (Å²) in [7, 11) is 1.64. The van der Waals surface area contributed by atoms with Crippen LogP contribution in [0.2, 0.25) is 0 Å². The van der Waals surface area contributed by atoms with Gasteiger partial charge < -0.3 is 20.7 Å². The van der Waals surface area contributed by atoms with E-state index in [1.54, 1.807) is 18.4 Å². The maximum atomic E-state index is 10.1. The van der Waals surface area contributed by atoms with Gasteiger partial charge in [0.25, 0.3) is 0 Å². The van der Waals surface area contributed by atoms with Gasteiger partial charge in [-0.1, -0.05) is 36.4 Å². The maximum Gasteiger partial charge on any atom is 0.159 e. The highest BCUT2D eigenvalue weighted by atomic mass is 32.2. The molecule has 37 heavy (non-hydrogen) atoms. The summed E-state index contributed by atoms with van der Waals surface area (Å²) < 4.78 is 5.33. The van der Waals surface area contributed by atoms with Crippen LogP contribution in [0, 0.1) is 11.3 Å². The molecule has 0 radical (unpaired) electrons. The lowest BCUT2D eigenvalue weighted by Gasteiger charge is -2.32. The standard InChI is InChI=1S/C28H26N6OS2/c1-35-21-12-10-18(11-13-21)25-22(15-29)28(36-2)33-26-24(30)23(9-6-14-34(25)26)31-16-20-17-37-27(32-20)19-7-4-3-5-8-19/h3-5,7-13,17,31H,6,14,16,30H2,1-2H3. The van der Waals surface area contributed by atoms with E-state index in [9.17, 15) is 5.26 Å². The zero-order valence-corrected chi connectivity index (χ0v) is 22.2. The second kappa shape index (κ2) is 10.9. The predicted molar refractivity (Wildman–Crippen MR) is 151 cm³/mol. The molecule has 3 aromatic rings. The van der Waals surface area contributed by atoms with Gasteiger partial charge in [-0.3, -0.25) is 0 Å². The van der Waals surface area contributed by atoms with Gasteiger partial charge in [-0.15, -0.1) is 23.1 Å². The molecule has 0 amide bonds. The summed E-state index contributed by atoms with van der Waals surface area (Å²) >= 11 is 3.07. The SMILES string of the molecule is COc1ccc(C2=C(C#N)C(SC)=NC3=C(N)C(NCc4csc(-c5ccccc5)n4)=CCCN32)cc1. The second-order valence-corrected chi connectivity index (χ2v) is 10.00. The third-order valence-electron chi connectivity index (χ3n) is 6.12. The average molecular weight is 527 g/mol. The molecule has 0 bridgehead atoms. The van der Waals surface area contributed by atoms with Crippen molar-refractivity contribution in [3.05, 3.63) is 100 Å². The summed E-state index contributed by atoms with van der Waals surface area (Å²) in [6, 6.07) is 20.3. The molecule has 0 unspecified atom stereocenters. The van der Waals surface area contributed by atoms with Gasteiger partial charge in [-0.25, -0.2) is 9.98 Å². The molecule has 3 heterocycles. The van der Waals surface area contributed by atoms with Crippen LogP contribution in [0.4, 0.5) is 0 Å². The molecule has 0 atom stereocenters. The van der Waals surface area contributed by atoms with E-state index in [0.29, 0.717) is 35.2 Å². The highest BCUT2D eigenvalue weighted by Gasteiger charge is 2.31. The molecule has 2 aliphatic heterocycles. The molecule has 0 saturated heterocycles. The highest BCUT2D eigenvalue weighted by molar-refractivity contribution is 8.13. The monoisotopic (exact) mass is 526 g/mol. The number of fused-ring (bicyclic) bond motifs is 1. The molecule has 186 valence electrons. The minimum atomic E-state index is 0.543. The maximum absolute atomic E-state index is 10.1. The summed E-state index contributed by atoms with van der Waals surface area (Å²) in [5.41, 5.74) is 12.4. The topological polar surface area (TPSA) is 99.6 Å². The zero-order chi connectivity index (χ0) is 25.8. The fourth-order valence-corrected chi connectivity index (χ4v) is 5.65. The van der Waals surface area contributed by atoms with Gasteiger partial charge in [-0.05, 0) is 42.5 Å². The van der Waals surface area contributed by atoms with E-state index in [1.807, 2.05) is 48.7 Å².